The van der Waals surface area contributed by atoms with Gasteiger partial charge < -0.3 is 19.8 Å². The first kappa shape index (κ1) is 22.4. The first-order valence-electron chi connectivity index (χ1n) is 10.9. The molecule has 1 amide bonds. The second kappa shape index (κ2) is 10.2. The fourth-order valence-electron chi connectivity index (χ4n) is 4.17. The molecule has 0 spiro atoms. The summed E-state index contributed by atoms with van der Waals surface area (Å²) in [6.07, 6.45) is 2.85. The molecule has 0 fully saturated rings. The third kappa shape index (κ3) is 5.00. The molecule has 3 aromatic carbocycles. The number of carbonyl (C=O) groups is 1. The average Bonchev–Trinajstić information content (AvgIpc) is 3.27. The number of carbonyl (C=O) groups excluding carboxylic acids is 1. The number of fused-ring (bicyclic) bond motifs is 1. The van der Waals surface area contributed by atoms with E-state index in [0.29, 0.717) is 30.9 Å². The van der Waals surface area contributed by atoms with Gasteiger partial charge in [0.15, 0.2) is 11.5 Å². The highest BCUT2D eigenvalue weighted by molar-refractivity contribution is 5.84. The van der Waals surface area contributed by atoms with E-state index in [1.807, 2.05) is 42.6 Å². The maximum atomic E-state index is 13.1. The number of hydrogen-bond acceptors (Lipinski definition) is 3. The molecule has 4 rings (SSSR count). The van der Waals surface area contributed by atoms with Crippen LogP contribution in [0.15, 0.2) is 72.9 Å². The Bertz CT molecular complexity index is 1230. The van der Waals surface area contributed by atoms with Gasteiger partial charge in [-0.3, -0.25) is 4.79 Å². The quantitative estimate of drug-likeness (QED) is 0.371. The van der Waals surface area contributed by atoms with Crippen LogP contribution in [0.3, 0.4) is 0 Å². The second-order valence-electron chi connectivity index (χ2n) is 7.86. The van der Waals surface area contributed by atoms with Crippen molar-refractivity contribution in [3.05, 3.63) is 95.4 Å². The Morgan fingerprint density at radius 3 is 2.52 bits per heavy atom. The number of rotatable bonds is 9. The first-order chi connectivity index (χ1) is 16.1. The average molecular weight is 447 g/mol. The van der Waals surface area contributed by atoms with Crippen LogP contribution in [-0.2, 0) is 11.2 Å². The molecule has 5 nitrogen and oxygen atoms in total. The van der Waals surface area contributed by atoms with Crippen molar-refractivity contribution < 1.29 is 18.7 Å². The maximum absolute atomic E-state index is 13.1. The van der Waals surface area contributed by atoms with Crippen molar-refractivity contribution >= 4 is 16.8 Å². The Balaban J connectivity index is 1.59. The molecular weight excluding hydrogens is 419 g/mol. The SMILES string of the molecule is COc1cccc(C(CNC(=O)CCc2ccc(F)cc2)c2c[nH]c3ccccc23)c1OC. The van der Waals surface area contributed by atoms with Gasteiger partial charge in [0, 0.05) is 41.5 Å². The zero-order valence-corrected chi connectivity index (χ0v) is 18.7. The van der Waals surface area contributed by atoms with Crippen molar-refractivity contribution in [3.63, 3.8) is 0 Å². The van der Waals surface area contributed by atoms with Crippen LogP contribution in [0.25, 0.3) is 10.9 Å². The van der Waals surface area contributed by atoms with Crippen LogP contribution < -0.4 is 14.8 Å². The van der Waals surface area contributed by atoms with Crippen molar-refractivity contribution in [2.24, 2.45) is 0 Å². The van der Waals surface area contributed by atoms with E-state index >= 15 is 0 Å². The minimum absolute atomic E-state index is 0.0639. The van der Waals surface area contributed by atoms with Gasteiger partial charge in [0.05, 0.1) is 14.2 Å². The van der Waals surface area contributed by atoms with Crippen molar-refractivity contribution in [1.29, 1.82) is 0 Å². The van der Waals surface area contributed by atoms with Crippen LogP contribution in [0.1, 0.15) is 29.0 Å². The topological polar surface area (TPSA) is 63.3 Å². The van der Waals surface area contributed by atoms with Gasteiger partial charge in [0.25, 0.3) is 0 Å². The summed E-state index contributed by atoms with van der Waals surface area (Å²) in [6.45, 7) is 0.396. The molecule has 0 aliphatic rings. The van der Waals surface area contributed by atoms with Gasteiger partial charge in [-0.1, -0.05) is 42.5 Å². The van der Waals surface area contributed by atoms with E-state index in [4.69, 9.17) is 9.47 Å². The van der Waals surface area contributed by atoms with Gasteiger partial charge in [-0.05, 0) is 41.8 Å². The number of ether oxygens (including phenoxy) is 2. The first-order valence-corrected chi connectivity index (χ1v) is 10.9. The lowest BCUT2D eigenvalue weighted by Crippen LogP contribution is -2.29. The van der Waals surface area contributed by atoms with E-state index in [2.05, 4.69) is 16.4 Å². The van der Waals surface area contributed by atoms with Crippen LogP contribution in [-0.4, -0.2) is 31.7 Å². The molecule has 6 heteroatoms. The standard InChI is InChI=1S/C27H27FN2O3/c1-32-25-9-5-7-21(27(25)33-2)23(22-16-29-24-8-4-3-6-20(22)24)17-30-26(31)15-12-18-10-13-19(28)14-11-18/h3-11,13-14,16,23,29H,12,15,17H2,1-2H3,(H,30,31). The van der Waals surface area contributed by atoms with E-state index in [1.54, 1.807) is 26.4 Å². The van der Waals surface area contributed by atoms with E-state index in [-0.39, 0.29) is 17.6 Å². The van der Waals surface area contributed by atoms with Gasteiger partial charge >= 0.3 is 0 Å². The molecule has 1 aromatic heterocycles. The summed E-state index contributed by atoms with van der Waals surface area (Å²) >= 11 is 0. The predicted molar refractivity (Wildman–Crippen MR) is 127 cm³/mol. The normalized spacial score (nSPS) is 11.8. The summed E-state index contributed by atoms with van der Waals surface area (Å²) in [5.74, 6) is 0.794. The van der Waals surface area contributed by atoms with Crippen molar-refractivity contribution in [1.82, 2.24) is 10.3 Å². The highest BCUT2D eigenvalue weighted by Crippen LogP contribution is 2.40. The number of amides is 1. The summed E-state index contributed by atoms with van der Waals surface area (Å²) < 4.78 is 24.3. The molecule has 1 atom stereocenters. The molecule has 0 aliphatic carbocycles. The Morgan fingerprint density at radius 2 is 1.76 bits per heavy atom. The maximum Gasteiger partial charge on any atom is 0.220 e. The lowest BCUT2D eigenvalue weighted by Gasteiger charge is -2.22. The van der Waals surface area contributed by atoms with Crippen molar-refractivity contribution in [3.8, 4) is 11.5 Å². The molecule has 1 unspecified atom stereocenters. The fraction of sp³-hybridized carbons (Fsp3) is 0.222. The number of halogens is 1. The van der Waals surface area contributed by atoms with Crippen LogP contribution in [0.2, 0.25) is 0 Å². The largest absolute Gasteiger partial charge is 0.493 e. The zero-order chi connectivity index (χ0) is 23.2. The van der Waals surface area contributed by atoms with Gasteiger partial charge in [0.2, 0.25) is 5.91 Å². The molecule has 0 saturated heterocycles. The minimum Gasteiger partial charge on any atom is -0.493 e. The summed E-state index contributed by atoms with van der Waals surface area (Å²) in [6, 6.07) is 20.1. The third-order valence-corrected chi connectivity index (χ3v) is 5.86. The molecule has 33 heavy (non-hydrogen) atoms. The number of aromatic nitrogens is 1. The van der Waals surface area contributed by atoms with Crippen molar-refractivity contribution in [2.45, 2.75) is 18.8 Å². The molecule has 170 valence electrons. The Kier molecular flexibility index (Phi) is 6.93. The van der Waals surface area contributed by atoms with Gasteiger partial charge in [-0.15, -0.1) is 0 Å². The summed E-state index contributed by atoms with van der Waals surface area (Å²) in [7, 11) is 3.23. The van der Waals surface area contributed by atoms with E-state index in [9.17, 15) is 9.18 Å². The number of H-pyrrole nitrogens is 1. The lowest BCUT2D eigenvalue weighted by atomic mass is 9.89. The monoisotopic (exact) mass is 446 g/mol. The fourth-order valence-corrected chi connectivity index (χ4v) is 4.17. The number of methoxy groups -OCH3 is 2. The van der Waals surface area contributed by atoms with Crippen molar-refractivity contribution in [2.75, 3.05) is 20.8 Å². The summed E-state index contributed by atoms with van der Waals surface area (Å²) in [5.41, 5.74) is 3.95. The predicted octanol–water partition coefficient (Wildman–Crippen LogP) is 5.21. The minimum atomic E-state index is -0.281. The number of aromatic amines is 1. The highest BCUT2D eigenvalue weighted by Gasteiger charge is 2.24. The number of aryl methyl sites for hydroxylation is 1. The molecule has 4 aromatic rings. The molecule has 0 bridgehead atoms. The third-order valence-electron chi connectivity index (χ3n) is 5.86. The van der Waals surface area contributed by atoms with E-state index in [1.165, 1.54) is 12.1 Å². The Morgan fingerprint density at radius 1 is 0.970 bits per heavy atom. The van der Waals surface area contributed by atoms with Gasteiger partial charge in [0.1, 0.15) is 5.82 Å². The zero-order valence-electron chi connectivity index (χ0n) is 18.7. The number of nitrogens with one attached hydrogen (secondary N) is 2. The molecule has 0 aliphatic heterocycles. The number of benzene rings is 3. The molecule has 0 radical (unpaired) electrons. The lowest BCUT2D eigenvalue weighted by molar-refractivity contribution is -0.121. The van der Waals surface area contributed by atoms with E-state index in [0.717, 1.165) is 27.6 Å². The van der Waals surface area contributed by atoms with Crippen LogP contribution in [0.4, 0.5) is 4.39 Å². The van der Waals surface area contributed by atoms with Gasteiger partial charge in [-0.25, -0.2) is 4.39 Å². The van der Waals surface area contributed by atoms with Crippen LogP contribution in [0, 0.1) is 5.82 Å². The summed E-state index contributed by atoms with van der Waals surface area (Å²) in [4.78, 5) is 16.0. The number of para-hydroxylation sites is 2. The van der Waals surface area contributed by atoms with Crippen LogP contribution in [0.5, 0.6) is 11.5 Å². The number of hydrogen-bond donors (Lipinski definition) is 2. The Hall–Kier alpha value is -3.80. The molecule has 1 heterocycles. The van der Waals surface area contributed by atoms with E-state index < -0.39 is 0 Å². The second-order valence-corrected chi connectivity index (χ2v) is 7.86. The molecular formula is C27H27FN2O3. The summed E-state index contributed by atoms with van der Waals surface area (Å²) in [5, 5.41) is 4.17. The smallest absolute Gasteiger partial charge is 0.220 e. The molecule has 0 saturated carbocycles. The highest BCUT2D eigenvalue weighted by atomic mass is 19.1. The Labute approximate surface area is 192 Å². The molecule has 2 N–H and O–H groups in total. The van der Waals surface area contributed by atoms with Gasteiger partial charge in [-0.2, -0.15) is 0 Å². The van der Waals surface area contributed by atoms with Crippen LogP contribution >= 0.6 is 0 Å².